The van der Waals surface area contributed by atoms with Gasteiger partial charge in [-0.1, -0.05) is 13.8 Å². The molecule has 0 saturated heterocycles. The Hall–Kier alpha value is -2.09. The van der Waals surface area contributed by atoms with Crippen molar-refractivity contribution >= 4 is 17.8 Å². The maximum atomic E-state index is 12.2. The summed E-state index contributed by atoms with van der Waals surface area (Å²) in [6.07, 6.45) is 3.10. The van der Waals surface area contributed by atoms with Gasteiger partial charge in [0, 0.05) is 18.9 Å². The van der Waals surface area contributed by atoms with Crippen molar-refractivity contribution in [1.29, 1.82) is 0 Å². The minimum atomic E-state index is -0.518. The lowest BCUT2D eigenvalue weighted by Gasteiger charge is -2.36. The second-order valence-corrected chi connectivity index (χ2v) is 6.00. The molecule has 8 nitrogen and oxygen atoms in total. The minimum Gasteiger partial charge on any atom is -0.463 e. The molecule has 8 heteroatoms. The molecule has 142 valence electrons. The van der Waals surface area contributed by atoms with E-state index >= 15 is 0 Å². The number of esters is 1. The van der Waals surface area contributed by atoms with Crippen LogP contribution in [0.25, 0.3) is 0 Å². The Morgan fingerprint density at radius 3 is 2.44 bits per heavy atom. The van der Waals surface area contributed by atoms with Gasteiger partial charge in [0.1, 0.15) is 0 Å². The van der Waals surface area contributed by atoms with Crippen LogP contribution in [0.1, 0.15) is 47.0 Å². The van der Waals surface area contributed by atoms with Gasteiger partial charge in [0.05, 0.1) is 30.9 Å². The van der Waals surface area contributed by atoms with Crippen LogP contribution in [0.15, 0.2) is 16.6 Å². The lowest BCUT2D eigenvalue weighted by molar-refractivity contribution is -0.139. The number of nitrogens with zero attached hydrogens (tertiary/aromatic N) is 1. The molecule has 0 aromatic rings. The van der Waals surface area contributed by atoms with E-state index in [0.717, 1.165) is 12.8 Å². The van der Waals surface area contributed by atoms with Crippen LogP contribution in [0.4, 0.5) is 0 Å². The van der Waals surface area contributed by atoms with Crippen molar-refractivity contribution in [2.45, 2.75) is 71.2 Å². The molecule has 0 heterocycles. The van der Waals surface area contributed by atoms with Crippen LogP contribution < -0.4 is 16.8 Å². The molecule has 0 radical (unpaired) electrons. The van der Waals surface area contributed by atoms with Gasteiger partial charge in [0.2, 0.25) is 5.91 Å². The number of carbonyl (C=O) groups is 2. The van der Waals surface area contributed by atoms with Gasteiger partial charge in [-0.05, 0) is 25.8 Å². The molecule has 0 aliphatic heterocycles. The van der Waals surface area contributed by atoms with Crippen molar-refractivity contribution in [3.63, 3.8) is 0 Å². The van der Waals surface area contributed by atoms with E-state index in [1.165, 1.54) is 6.92 Å². The number of rotatable bonds is 8. The molecule has 0 spiro atoms. The summed E-state index contributed by atoms with van der Waals surface area (Å²) in [4.78, 5) is 28.0. The molecule has 5 N–H and O–H groups in total. The van der Waals surface area contributed by atoms with Gasteiger partial charge in [-0.2, -0.15) is 0 Å². The number of hydrogen-bond donors (Lipinski definition) is 3. The number of nitrogens with two attached hydrogens (primary N) is 2. The summed E-state index contributed by atoms with van der Waals surface area (Å²) in [7, 11) is 0. The summed E-state index contributed by atoms with van der Waals surface area (Å²) in [5.41, 5.74) is 11.5. The van der Waals surface area contributed by atoms with Crippen molar-refractivity contribution < 1.29 is 19.1 Å². The molecule has 0 fully saturated rings. The number of aliphatic imine (C=N–C) groups is 1. The Morgan fingerprint density at radius 2 is 1.96 bits per heavy atom. The van der Waals surface area contributed by atoms with Crippen molar-refractivity contribution in [1.82, 2.24) is 5.32 Å². The zero-order chi connectivity index (χ0) is 19.0. The first kappa shape index (κ1) is 21.0. The zero-order valence-corrected chi connectivity index (χ0v) is 15.5. The molecule has 0 aromatic heterocycles. The molecule has 1 aliphatic carbocycles. The van der Waals surface area contributed by atoms with Crippen LogP contribution in [0.2, 0.25) is 0 Å². The maximum Gasteiger partial charge on any atom is 0.333 e. The highest BCUT2D eigenvalue weighted by Gasteiger charge is 2.37. The summed E-state index contributed by atoms with van der Waals surface area (Å²) in [5.74, 6) is -0.739. The van der Waals surface area contributed by atoms with Gasteiger partial charge in [-0.25, -0.2) is 9.79 Å². The lowest BCUT2D eigenvalue weighted by atomic mass is 9.88. The van der Waals surface area contributed by atoms with Crippen molar-refractivity contribution in [3.05, 3.63) is 11.6 Å². The smallest absolute Gasteiger partial charge is 0.333 e. The third-order valence-electron chi connectivity index (χ3n) is 4.05. The van der Waals surface area contributed by atoms with Crippen LogP contribution >= 0.6 is 0 Å². The van der Waals surface area contributed by atoms with E-state index in [9.17, 15) is 9.59 Å². The molecular formula is C17H30N4O4. The third-order valence-corrected chi connectivity index (χ3v) is 4.05. The number of guanidine groups is 1. The van der Waals surface area contributed by atoms with Crippen LogP contribution in [0, 0.1) is 0 Å². The Kier molecular flexibility index (Phi) is 8.40. The molecular weight excluding hydrogens is 324 g/mol. The predicted molar refractivity (Wildman–Crippen MR) is 95.8 cm³/mol. The Bertz CT molecular complexity index is 525. The molecule has 3 atom stereocenters. The fourth-order valence-electron chi connectivity index (χ4n) is 2.87. The average molecular weight is 354 g/mol. The van der Waals surface area contributed by atoms with E-state index in [1.54, 1.807) is 13.0 Å². The van der Waals surface area contributed by atoms with Crippen molar-refractivity contribution in [2.75, 3.05) is 6.61 Å². The molecule has 0 aromatic carbocycles. The first-order valence-electron chi connectivity index (χ1n) is 8.71. The molecule has 25 heavy (non-hydrogen) atoms. The average Bonchev–Trinajstić information content (AvgIpc) is 2.54. The van der Waals surface area contributed by atoms with Crippen molar-refractivity contribution in [3.8, 4) is 0 Å². The number of nitrogens with one attached hydrogen (secondary N) is 1. The molecule has 1 unspecified atom stereocenters. The Labute approximate surface area is 149 Å². The van der Waals surface area contributed by atoms with Crippen molar-refractivity contribution in [2.24, 2.45) is 16.5 Å². The Morgan fingerprint density at radius 1 is 1.32 bits per heavy atom. The summed E-state index contributed by atoms with van der Waals surface area (Å²) in [5, 5.41) is 2.85. The minimum absolute atomic E-state index is 0.00101. The summed E-state index contributed by atoms with van der Waals surface area (Å²) in [6, 6.07) is -0.962. The summed E-state index contributed by atoms with van der Waals surface area (Å²) >= 11 is 0. The summed E-state index contributed by atoms with van der Waals surface area (Å²) in [6.45, 7) is 7.48. The topological polar surface area (TPSA) is 129 Å². The van der Waals surface area contributed by atoms with Crippen LogP contribution in [0.3, 0.4) is 0 Å². The highest BCUT2D eigenvalue weighted by atomic mass is 16.5. The second-order valence-electron chi connectivity index (χ2n) is 6.00. The first-order valence-corrected chi connectivity index (χ1v) is 8.71. The Balaban J connectivity index is 3.22. The van der Waals surface area contributed by atoms with Crippen LogP contribution in [0.5, 0.6) is 0 Å². The van der Waals surface area contributed by atoms with Gasteiger partial charge >= 0.3 is 5.97 Å². The van der Waals surface area contributed by atoms with Gasteiger partial charge in [0.15, 0.2) is 5.96 Å². The van der Waals surface area contributed by atoms with Gasteiger partial charge in [0.25, 0.3) is 0 Å². The van der Waals surface area contributed by atoms with Crippen LogP contribution in [-0.4, -0.2) is 48.7 Å². The fraction of sp³-hybridized carbons (Fsp3) is 0.706. The highest BCUT2D eigenvalue weighted by Crippen LogP contribution is 2.27. The van der Waals surface area contributed by atoms with Gasteiger partial charge in [-0.3, -0.25) is 4.79 Å². The van der Waals surface area contributed by atoms with Crippen LogP contribution in [-0.2, 0) is 19.1 Å². The van der Waals surface area contributed by atoms with E-state index in [-0.39, 0.29) is 31.0 Å². The van der Waals surface area contributed by atoms with E-state index in [4.69, 9.17) is 20.9 Å². The van der Waals surface area contributed by atoms with Gasteiger partial charge in [-0.15, -0.1) is 0 Å². The molecule has 1 aliphatic rings. The standard InChI is InChI=1S/C17H30N4O4/c1-5-12(6-2)25-14-9-11(16(23)24-7-3)8-13(21-17(18)19)15(14)20-10(4)22/h9,12-15H,5-8H2,1-4H3,(H,20,22)(H4,18,19,21)/t13-,14+,15?/m0/s1. The van der Waals surface area contributed by atoms with E-state index < -0.39 is 24.2 Å². The second kappa shape index (κ2) is 10.0. The predicted octanol–water partition coefficient (Wildman–Crippen LogP) is 0.600. The third kappa shape index (κ3) is 6.38. The zero-order valence-electron chi connectivity index (χ0n) is 15.5. The first-order chi connectivity index (χ1) is 11.8. The SMILES string of the molecule is CCOC(=O)C1=C[C@@H](OC(CC)CC)C(NC(C)=O)[C@@H](N=C(N)N)C1. The largest absolute Gasteiger partial charge is 0.463 e. The van der Waals surface area contributed by atoms with Gasteiger partial charge < -0.3 is 26.3 Å². The normalized spacial score (nSPS) is 22.9. The molecule has 1 amide bonds. The van der Waals surface area contributed by atoms with E-state index in [0.29, 0.717) is 5.57 Å². The lowest BCUT2D eigenvalue weighted by Crippen LogP contribution is -2.54. The highest BCUT2D eigenvalue weighted by molar-refractivity contribution is 5.89. The molecule has 1 rings (SSSR count). The fourth-order valence-corrected chi connectivity index (χ4v) is 2.87. The number of amides is 1. The number of hydrogen-bond acceptors (Lipinski definition) is 5. The number of carbonyl (C=O) groups excluding carboxylic acids is 2. The molecule has 0 saturated carbocycles. The van der Waals surface area contributed by atoms with E-state index in [2.05, 4.69) is 10.3 Å². The number of ether oxygens (including phenoxy) is 2. The monoisotopic (exact) mass is 354 g/mol. The van der Waals surface area contributed by atoms with E-state index in [1.807, 2.05) is 13.8 Å². The summed E-state index contributed by atoms with van der Waals surface area (Å²) < 4.78 is 11.2. The molecule has 0 bridgehead atoms. The quantitative estimate of drug-likeness (QED) is 0.332. The maximum absolute atomic E-state index is 12.2.